The van der Waals surface area contributed by atoms with Gasteiger partial charge in [0.25, 0.3) is 0 Å². The molecule has 0 bridgehead atoms. The first-order valence-electron chi connectivity index (χ1n) is 4.15. The van der Waals surface area contributed by atoms with E-state index in [-0.39, 0.29) is 0 Å². The highest BCUT2D eigenvalue weighted by Gasteiger charge is 2.05. The van der Waals surface area contributed by atoms with E-state index in [0.29, 0.717) is 16.6 Å². The van der Waals surface area contributed by atoms with Gasteiger partial charge in [-0.25, -0.2) is 0 Å². The highest BCUT2D eigenvalue weighted by Crippen LogP contribution is 2.27. The van der Waals surface area contributed by atoms with Gasteiger partial charge in [0.15, 0.2) is 0 Å². The van der Waals surface area contributed by atoms with Crippen LogP contribution in [0, 0.1) is 0 Å². The Morgan fingerprint density at radius 2 is 2.07 bits per heavy atom. The van der Waals surface area contributed by atoms with Crippen molar-refractivity contribution >= 4 is 34.1 Å². The van der Waals surface area contributed by atoms with E-state index in [9.17, 15) is 0 Å². The van der Waals surface area contributed by atoms with E-state index in [2.05, 4.69) is 4.98 Å². The Morgan fingerprint density at radius 3 is 2.79 bits per heavy atom. The van der Waals surface area contributed by atoms with Gasteiger partial charge in [0.2, 0.25) is 0 Å². The maximum atomic E-state index is 6.13. The summed E-state index contributed by atoms with van der Waals surface area (Å²) in [6, 6.07) is 5.42. The van der Waals surface area contributed by atoms with Gasteiger partial charge in [-0.1, -0.05) is 23.2 Å². The van der Waals surface area contributed by atoms with Crippen molar-refractivity contribution in [2.24, 2.45) is 5.73 Å². The summed E-state index contributed by atoms with van der Waals surface area (Å²) in [5, 5.41) is 2.20. The van der Waals surface area contributed by atoms with Crippen LogP contribution in [-0.2, 0) is 6.54 Å². The third kappa shape index (κ3) is 1.57. The van der Waals surface area contributed by atoms with Gasteiger partial charge >= 0.3 is 0 Å². The lowest BCUT2D eigenvalue weighted by Crippen LogP contribution is -1.98. The van der Waals surface area contributed by atoms with Crippen LogP contribution < -0.4 is 5.73 Å². The summed E-state index contributed by atoms with van der Waals surface area (Å²) in [5.41, 5.74) is 7.16. The quantitative estimate of drug-likeness (QED) is 0.813. The molecular weight excluding hydrogens is 219 g/mol. The van der Waals surface area contributed by atoms with Crippen LogP contribution in [0.15, 0.2) is 24.4 Å². The van der Waals surface area contributed by atoms with Crippen molar-refractivity contribution < 1.29 is 0 Å². The van der Waals surface area contributed by atoms with Crippen LogP contribution in [-0.4, -0.2) is 4.98 Å². The predicted octanol–water partition coefficient (Wildman–Crippen LogP) is 3.00. The second kappa shape index (κ2) is 3.73. The van der Waals surface area contributed by atoms with Crippen molar-refractivity contribution in [2.45, 2.75) is 6.54 Å². The minimum atomic E-state index is 0.393. The topological polar surface area (TPSA) is 38.9 Å². The zero-order valence-corrected chi connectivity index (χ0v) is 8.81. The van der Waals surface area contributed by atoms with Gasteiger partial charge in [-0.3, -0.25) is 4.98 Å². The standard InChI is InChI=1S/C10H8Cl2N2/c11-7-1-2-8-9(3-7)14-5-6(4-13)10(8)12/h1-3,5H,4,13H2. The molecule has 0 aliphatic rings. The lowest BCUT2D eigenvalue weighted by atomic mass is 10.1. The number of aromatic nitrogens is 1. The summed E-state index contributed by atoms with van der Waals surface area (Å²) in [6.45, 7) is 0.393. The van der Waals surface area contributed by atoms with Gasteiger partial charge < -0.3 is 5.73 Å². The van der Waals surface area contributed by atoms with E-state index >= 15 is 0 Å². The molecule has 0 fully saturated rings. The molecule has 0 aliphatic heterocycles. The Hall–Kier alpha value is -0.830. The summed E-state index contributed by atoms with van der Waals surface area (Å²) in [5.74, 6) is 0. The van der Waals surface area contributed by atoms with Crippen LogP contribution in [0.2, 0.25) is 10.0 Å². The summed E-state index contributed by atoms with van der Waals surface area (Å²) in [6.07, 6.45) is 1.68. The van der Waals surface area contributed by atoms with Crippen LogP contribution >= 0.6 is 23.2 Å². The summed E-state index contributed by atoms with van der Waals surface area (Å²) in [7, 11) is 0. The van der Waals surface area contributed by atoms with Crippen LogP contribution in [0.5, 0.6) is 0 Å². The predicted molar refractivity (Wildman–Crippen MR) is 59.7 cm³/mol. The first kappa shape index (κ1) is 9.71. The zero-order valence-electron chi connectivity index (χ0n) is 7.30. The molecule has 2 aromatic rings. The number of rotatable bonds is 1. The summed E-state index contributed by atoms with van der Waals surface area (Å²) in [4.78, 5) is 4.22. The second-order valence-corrected chi connectivity index (χ2v) is 3.78. The van der Waals surface area contributed by atoms with Crippen molar-refractivity contribution in [1.29, 1.82) is 0 Å². The summed E-state index contributed by atoms with van der Waals surface area (Å²) >= 11 is 12.0. The molecule has 2 N–H and O–H groups in total. The molecule has 0 unspecified atom stereocenters. The molecule has 0 aliphatic carbocycles. The molecule has 1 aromatic heterocycles. The molecule has 0 amide bonds. The van der Waals surface area contributed by atoms with Gasteiger partial charge in [-0.15, -0.1) is 0 Å². The molecule has 0 spiro atoms. The molecule has 0 saturated heterocycles. The molecule has 0 radical (unpaired) electrons. The van der Waals surface area contributed by atoms with Crippen molar-refractivity contribution in [2.75, 3.05) is 0 Å². The van der Waals surface area contributed by atoms with Crippen LogP contribution in [0.1, 0.15) is 5.56 Å². The zero-order chi connectivity index (χ0) is 10.1. The lowest BCUT2D eigenvalue weighted by Gasteiger charge is -2.04. The minimum absolute atomic E-state index is 0.393. The van der Waals surface area contributed by atoms with E-state index in [1.807, 2.05) is 6.07 Å². The minimum Gasteiger partial charge on any atom is -0.326 e. The Kier molecular flexibility index (Phi) is 2.59. The molecule has 4 heteroatoms. The smallest absolute Gasteiger partial charge is 0.0732 e. The lowest BCUT2D eigenvalue weighted by molar-refractivity contribution is 1.06. The first-order valence-corrected chi connectivity index (χ1v) is 4.90. The maximum Gasteiger partial charge on any atom is 0.0732 e. The van der Waals surface area contributed by atoms with Gasteiger partial charge in [0, 0.05) is 28.7 Å². The second-order valence-electron chi connectivity index (χ2n) is 2.96. The number of nitrogens with zero attached hydrogens (tertiary/aromatic N) is 1. The van der Waals surface area contributed by atoms with Crippen molar-refractivity contribution in [3.63, 3.8) is 0 Å². The number of hydrogen-bond acceptors (Lipinski definition) is 2. The molecule has 1 heterocycles. The van der Waals surface area contributed by atoms with Crippen molar-refractivity contribution in [1.82, 2.24) is 4.98 Å². The fraction of sp³-hybridized carbons (Fsp3) is 0.100. The number of hydrogen-bond donors (Lipinski definition) is 1. The van der Waals surface area contributed by atoms with Crippen molar-refractivity contribution in [3.8, 4) is 0 Å². The van der Waals surface area contributed by atoms with E-state index in [1.54, 1.807) is 18.3 Å². The summed E-state index contributed by atoms with van der Waals surface area (Å²) < 4.78 is 0. The van der Waals surface area contributed by atoms with Crippen LogP contribution in [0.4, 0.5) is 0 Å². The highest BCUT2D eigenvalue weighted by molar-refractivity contribution is 6.36. The van der Waals surface area contributed by atoms with Gasteiger partial charge in [-0.2, -0.15) is 0 Å². The number of nitrogens with two attached hydrogens (primary N) is 1. The van der Waals surface area contributed by atoms with Gasteiger partial charge in [-0.05, 0) is 18.2 Å². The van der Waals surface area contributed by atoms with E-state index in [1.165, 1.54) is 0 Å². The Labute approximate surface area is 91.6 Å². The van der Waals surface area contributed by atoms with Gasteiger partial charge in [0.05, 0.1) is 10.5 Å². The highest BCUT2D eigenvalue weighted by atomic mass is 35.5. The van der Waals surface area contributed by atoms with Crippen LogP contribution in [0.3, 0.4) is 0 Å². The van der Waals surface area contributed by atoms with Crippen LogP contribution in [0.25, 0.3) is 10.9 Å². The monoisotopic (exact) mass is 226 g/mol. The number of pyridine rings is 1. The number of benzene rings is 1. The molecule has 0 atom stereocenters. The Bertz CT molecular complexity index is 483. The number of fused-ring (bicyclic) bond motifs is 1. The van der Waals surface area contributed by atoms with Gasteiger partial charge in [0.1, 0.15) is 0 Å². The normalized spacial score (nSPS) is 10.8. The van der Waals surface area contributed by atoms with E-state index in [4.69, 9.17) is 28.9 Å². The maximum absolute atomic E-state index is 6.13. The first-order chi connectivity index (χ1) is 6.72. The fourth-order valence-electron chi connectivity index (χ4n) is 1.32. The Morgan fingerprint density at radius 1 is 1.29 bits per heavy atom. The van der Waals surface area contributed by atoms with Crippen molar-refractivity contribution in [3.05, 3.63) is 40.0 Å². The Balaban J connectivity index is 2.77. The largest absolute Gasteiger partial charge is 0.326 e. The molecule has 2 rings (SSSR count). The molecule has 1 aromatic carbocycles. The molecule has 72 valence electrons. The average molecular weight is 227 g/mol. The molecule has 14 heavy (non-hydrogen) atoms. The van der Waals surface area contributed by atoms with E-state index < -0.39 is 0 Å². The SMILES string of the molecule is NCc1cnc2cc(Cl)ccc2c1Cl. The fourth-order valence-corrected chi connectivity index (χ4v) is 1.77. The third-order valence-corrected chi connectivity index (χ3v) is 2.74. The molecular formula is C10H8Cl2N2. The average Bonchev–Trinajstić information content (AvgIpc) is 2.18. The van der Waals surface area contributed by atoms with E-state index in [0.717, 1.165) is 16.5 Å². The third-order valence-electron chi connectivity index (χ3n) is 2.06. The number of halogens is 2. The molecule has 0 saturated carbocycles. The molecule has 2 nitrogen and oxygen atoms in total.